The van der Waals surface area contributed by atoms with E-state index in [1.165, 1.54) is 0 Å². The molecule has 0 aliphatic carbocycles. The van der Waals surface area contributed by atoms with Crippen LogP contribution in [-0.2, 0) is 22.3 Å². The fraction of sp³-hybridized carbons (Fsp3) is 0.200. The largest absolute Gasteiger partial charge is 0.474 e. The number of carbonyl (C=O) groups is 2. The lowest BCUT2D eigenvalue weighted by Gasteiger charge is -2.08. The lowest BCUT2D eigenvalue weighted by atomic mass is 10.3. The Labute approximate surface area is 119 Å². The number of carboxylic acids is 1. The number of nitrogens with zero attached hydrogens (tertiary/aromatic N) is 3. The van der Waals surface area contributed by atoms with E-state index in [-0.39, 0.29) is 16.5 Å². The quantitative estimate of drug-likeness (QED) is 0.807. The third-order valence-electron chi connectivity index (χ3n) is 2.46. The minimum atomic E-state index is -4.62. The molecule has 11 heteroatoms. The Bertz CT molecular complexity index is 728. The molecule has 2 aromatic heterocycles. The van der Waals surface area contributed by atoms with Gasteiger partial charge in [-0.15, -0.1) is 10.2 Å². The van der Waals surface area contributed by atoms with Gasteiger partial charge in [-0.25, -0.2) is 4.79 Å². The van der Waals surface area contributed by atoms with Crippen LogP contribution >= 0.6 is 11.6 Å². The Balaban J connectivity index is 2.40. The number of aromatic nitrogens is 3. The standard InChI is InChI=1S/C10H6ClF3N4O3/c11-5-1-4(10(12,13)14)3-18-6(16-17-7(5)18)2-15-8(19)9(20)21/h1,3H,2H2,(H,15,19)(H,20,21). The summed E-state index contributed by atoms with van der Waals surface area (Å²) in [6, 6.07) is 0.700. The first-order valence-electron chi connectivity index (χ1n) is 5.31. The number of carboxylic acid groups (broad SMARTS) is 1. The van der Waals surface area contributed by atoms with Crippen molar-refractivity contribution in [1.82, 2.24) is 19.9 Å². The van der Waals surface area contributed by atoms with Crippen LogP contribution in [0.3, 0.4) is 0 Å². The van der Waals surface area contributed by atoms with Crippen molar-refractivity contribution in [3.05, 3.63) is 28.7 Å². The van der Waals surface area contributed by atoms with Gasteiger partial charge in [0.15, 0.2) is 11.5 Å². The minimum absolute atomic E-state index is 0.0377. The highest BCUT2D eigenvalue weighted by atomic mass is 35.5. The van der Waals surface area contributed by atoms with Crippen LogP contribution < -0.4 is 5.32 Å². The van der Waals surface area contributed by atoms with E-state index in [0.29, 0.717) is 12.3 Å². The average Bonchev–Trinajstić information content (AvgIpc) is 2.78. The lowest BCUT2D eigenvalue weighted by Crippen LogP contribution is -2.30. The molecule has 0 saturated carbocycles. The molecule has 0 radical (unpaired) electrons. The van der Waals surface area contributed by atoms with Crippen LogP contribution in [0.25, 0.3) is 5.65 Å². The molecule has 7 nitrogen and oxygen atoms in total. The fourth-order valence-corrected chi connectivity index (χ4v) is 1.76. The molecule has 0 fully saturated rings. The van der Waals surface area contributed by atoms with Crippen LogP contribution in [-0.4, -0.2) is 31.6 Å². The van der Waals surface area contributed by atoms with E-state index in [4.69, 9.17) is 16.7 Å². The second-order valence-corrected chi connectivity index (χ2v) is 4.28. The maximum absolute atomic E-state index is 12.7. The van der Waals surface area contributed by atoms with Crippen LogP contribution in [0.1, 0.15) is 11.4 Å². The number of nitrogens with one attached hydrogen (secondary N) is 1. The van der Waals surface area contributed by atoms with Gasteiger partial charge in [0.25, 0.3) is 0 Å². The molecule has 2 rings (SSSR count). The number of amides is 1. The predicted molar refractivity (Wildman–Crippen MR) is 62.5 cm³/mol. The summed E-state index contributed by atoms with van der Waals surface area (Å²) in [6.45, 7) is -0.413. The highest BCUT2D eigenvalue weighted by molar-refractivity contribution is 6.33. The van der Waals surface area contributed by atoms with Crippen LogP contribution in [0.15, 0.2) is 12.3 Å². The summed E-state index contributed by atoms with van der Waals surface area (Å²) >= 11 is 5.69. The molecule has 2 heterocycles. The van der Waals surface area contributed by atoms with E-state index in [2.05, 4.69) is 10.2 Å². The van der Waals surface area contributed by atoms with E-state index < -0.39 is 30.2 Å². The zero-order chi connectivity index (χ0) is 15.8. The lowest BCUT2D eigenvalue weighted by molar-refractivity contribution is -0.150. The van der Waals surface area contributed by atoms with Gasteiger partial charge in [0, 0.05) is 6.20 Å². The second-order valence-electron chi connectivity index (χ2n) is 3.87. The molecule has 112 valence electrons. The second kappa shape index (κ2) is 5.20. The Morgan fingerprint density at radius 1 is 1.38 bits per heavy atom. The highest BCUT2D eigenvalue weighted by Gasteiger charge is 2.32. The van der Waals surface area contributed by atoms with E-state index >= 15 is 0 Å². The van der Waals surface area contributed by atoms with E-state index in [1.54, 1.807) is 0 Å². The molecule has 2 aromatic rings. The summed E-state index contributed by atoms with van der Waals surface area (Å²) in [6.07, 6.45) is -3.91. The van der Waals surface area contributed by atoms with Crippen molar-refractivity contribution in [2.75, 3.05) is 0 Å². The van der Waals surface area contributed by atoms with Crippen LogP contribution in [0.5, 0.6) is 0 Å². The summed E-state index contributed by atoms with van der Waals surface area (Å²) in [5, 5.41) is 17.2. The zero-order valence-corrected chi connectivity index (χ0v) is 10.7. The highest BCUT2D eigenvalue weighted by Crippen LogP contribution is 2.32. The normalized spacial score (nSPS) is 11.6. The number of pyridine rings is 1. The monoisotopic (exact) mass is 322 g/mol. The summed E-state index contributed by atoms with van der Waals surface area (Å²) in [4.78, 5) is 21.2. The fourth-order valence-electron chi connectivity index (χ4n) is 1.51. The topological polar surface area (TPSA) is 96.6 Å². The van der Waals surface area contributed by atoms with E-state index in [9.17, 15) is 22.8 Å². The van der Waals surface area contributed by atoms with Gasteiger partial charge in [-0.1, -0.05) is 11.6 Å². The van der Waals surface area contributed by atoms with Crippen molar-refractivity contribution in [1.29, 1.82) is 0 Å². The first kappa shape index (κ1) is 15.0. The molecule has 0 saturated heterocycles. The third-order valence-corrected chi connectivity index (χ3v) is 2.74. The molecule has 21 heavy (non-hydrogen) atoms. The number of carbonyl (C=O) groups excluding carboxylic acids is 1. The Hall–Kier alpha value is -2.36. The number of halogens is 4. The Morgan fingerprint density at radius 3 is 2.62 bits per heavy atom. The van der Waals surface area contributed by atoms with Crippen LogP contribution in [0, 0.1) is 0 Å². The number of aliphatic carboxylic acids is 1. The molecule has 0 spiro atoms. The zero-order valence-electron chi connectivity index (χ0n) is 9.98. The summed E-state index contributed by atoms with van der Waals surface area (Å²) < 4.78 is 39.0. The summed E-state index contributed by atoms with van der Waals surface area (Å²) in [7, 11) is 0. The Morgan fingerprint density at radius 2 is 2.05 bits per heavy atom. The van der Waals surface area contributed by atoms with Crippen molar-refractivity contribution in [2.24, 2.45) is 0 Å². The van der Waals surface area contributed by atoms with Gasteiger partial charge >= 0.3 is 18.1 Å². The number of fused-ring (bicyclic) bond motifs is 1. The van der Waals surface area contributed by atoms with Gasteiger partial charge in [0.2, 0.25) is 0 Å². The smallest absolute Gasteiger partial charge is 0.417 e. The van der Waals surface area contributed by atoms with Gasteiger partial charge in [0.1, 0.15) is 0 Å². The minimum Gasteiger partial charge on any atom is -0.474 e. The van der Waals surface area contributed by atoms with Crippen molar-refractivity contribution in [2.45, 2.75) is 12.7 Å². The number of alkyl halides is 3. The number of hydrogen-bond donors (Lipinski definition) is 2. The van der Waals surface area contributed by atoms with E-state index in [0.717, 1.165) is 4.40 Å². The third kappa shape index (κ3) is 3.05. The molecular weight excluding hydrogens is 317 g/mol. The van der Waals surface area contributed by atoms with Crippen LogP contribution in [0.4, 0.5) is 13.2 Å². The van der Waals surface area contributed by atoms with Gasteiger partial charge in [-0.3, -0.25) is 9.20 Å². The van der Waals surface area contributed by atoms with Gasteiger partial charge in [-0.05, 0) is 6.07 Å². The van der Waals surface area contributed by atoms with Crippen molar-refractivity contribution in [3.8, 4) is 0 Å². The average molecular weight is 323 g/mol. The van der Waals surface area contributed by atoms with Crippen molar-refractivity contribution < 1.29 is 27.9 Å². The predicted octanol–water partition coefficient (Wildman–Crippen LogP) is 1.10. The van der Waals surface area contributed by atoms with Crippen molar-refractivity contribution in [3.63, 3.8) is 0 Å². The molecule has 1 amide bonds. The van der Waals surface area contributed by atoms with Gasteiger partial charge < -0.3 is 10.4 Å². The number of hydrogen-bond acceptors (Lipinski definition) is 4. The first-order valence-corrected chi connectivity index (χ1v) is 5.69. The molecule has 2 N–H and O–H groups in total. The maximum atomic E-state index is 12.7. The van der Waals surface area contributed by atoms with Crippen LogP contribution in [0.2, 0.25) is 5.02 Å². The number of rotatable bonds is 2. The van der Waals surface area contributed by atoms with E-state index in [1.807, 2.05) is 5.32 Å². The Kier molecular flexibility index (Phi) is 3.73. The molecule has 0 aliphatic heterocycles. The molecule has 0 aliphatic rings. The van der Waals surface area contributed by atoms with Gasteiger partial charge in [-0.2, -0.15) is 13.2 Å². The molecule has 0 aromatic carbocycles. The molecule has 0 bridgehead atoms. The molecule has 0 atom stereocenters. The van der Waals surface area contributed by atoms with Gasteiger partial charge in [0.05, 0.1) is 17.1 Å². The van der Waals surface area contributed by atoms with Crippen molar-refractivity contribution >= 4 is 29.1 Å². The first-order chi connectivity index (χ1) is 9.70. The summed E-state index contributed by atoms with van der Waals surface area (Å²) in [5.74, 6) is -3.13. The molecular formula is C10H6ClF3N4O3. The SMILES string of the molecule is O=C(O)C(=O)NCc1nnc2c(Cl)cc(C(F)(F)F)cn12. The maximum Gasteiger partial charge on any atom is 0.417 e. The summed E-state index contributed by atoms with van der Waals surface area (Å²) in [5.41, 5.74) is -1.06. The molecule has 0 unspecified atom stereocenters.